The van der Waals surface area contributed by atoms with Gasteiger partial charge in [-0.3, -0.25) is 0 Å². The molecule has 0 fully saturated rings. The van der Waals surface area contributed by atoms with E-state index < -0.39 is 23.3 Å². The summed E-state index contributed by atoms with van der Waals surface area (Å²) >= 11 is -0.640. The molecule has 5 heavy (non-hydrogen) atoms. The van der Waals surface area contributed by atoms with Gasteiger partial charge in [0, 0.05) is 0 Å². The molecule has 0 aromatic heterocycles. The Morgan fingerprint density at radius 1 is 2.00 bits per heavy atom. The van der Waals surface area contributed by atoms with E-state index in [1.807, 2.05) is 0 Å². The molecule has 0 aromatic rings. The van der Waals surface area contributed by atoms with Crippen LogP contribution in [0.15, 0.2) is 0 Å². The van der Waals surface area contributed by atoms with E-state index >= 15 is 0 Å². The molecule has 0 saturated carbocycles. The Hall–Kier alpha value is 1.99. The summed E-state index contributed by atoms with van der Waals surface area (Å²) in [5, 5.41) is 0. The van der Waals surface area contributed by atoms with Crippen molar-refractivity contribution in [2.75, 3.05) is 0 Å². The minimum Gasteiger partial charge on any atom is -1.00 e. The fourth-order valence-electron chi connectivity index (χ4n) is 0. The maximum Gasteiger partial charge on any atom is 2.00 e. The largest absolute Gasteiger partial charge is 2.00 e. The molecule has 0 amide bonds. The summed E-state index contributed by atoms with van der Waals surface area (Å²) in [5.74, 6) is 0. The van der Waals surface area contributed by atoms with E-state index in [1.165, 1.54) is 3.93 Å². The van der Waals surface area contributed by atoms with Gasteiger partial charge in [0.2, 0.25) is 0 Å². The molecule has 0 aromatic carbocycles. The molecule has 0 saturated heterocycles. The Morgan fingerprint density at radius 2 is 2.20 bits per heavy atom. The zero-order valence-electron chi connectivity index (χ0n) is 5.50. The summed E-state index contributed by atoms with van der Waals surface area (Å²) < 4.78 is 1.31. The van der Waals surface area contributed by atoms with Crippen LogP contribution in [0.5, 0.6) is 0 Å². The van der Waals surface area contributed by atoms with Gasteiger partial charge in [0.1, 0.15) is 0 Å². The van der Waals surface area contributed by atoms with Crippen molar-refractivity contribution in [1.82, 2.24) is 0 Å². The second kappa shape index (κ2) is 9.37. The summed E-state index contributed by atoms with van der Waals surface area (Å²) in [5.41, 5.74) is 0. The van der Waals surface area contributed by atoms with E-state index in [0.717, 1.165) is 0 Å². The van der Waals surface area contributed by atoms with Gasteiger partial charge in [-0.25, -0.2) is 0 Å². The van der Waals surface area contributed by atoms with Gasteiger partial charge < -0.3 is 2.85 Å². The van der Waals surface area contributed by atoms with Crippen molar-refractivity contribution in [2.45, 2.75) is 10.9 Å². The van der Waals surface area contributed by atoms with Crippen LogP contribution in [0.25, 0.3) is 0 Å². The molecule has 0 aliphatic carbocycles. The minimum atomic E-state index is -0.640. The zero-order valence-corrected chi connectivity index (χ0v) is 11.2. The van der Waals surface area contributed by atoms with Crippen molar-refractivity contribution in [3.05, 3.63) is 0 Å². The van der Waals surface area contributed by atoms with Crippen LogP contribution in [0, 0.1) is 0 Å². The summed E-state index contributed by atoms with van der Waals surface area (Å²) in [6.07, 6.45) is 0. The molecule has 0 heterocycles. The van der Waals surface area contributed by atoms with Gasteiger partial charge in [-0.05, 0) is 0 Å². The summed E-state index contributed by atoms with van der Waals surface area (Å²) in [7, 11) is 5.41. The molecule has 0 nitrogen and oxygen atoms in total. The molecule has 0 atom stereocenters. The fraction of sp³-hybridized carbons (Fsp3) is 1.00. The van der Waals surface area contributed by atoms with Crippen molar-refractivity contribution in [1.29, 1.82) is 0 Å². The van der Waals surface area contributed by atoms with Crippen LogP contribution in [-0.4, -0.2) is 23.1 Å². The number of halogens is 1. The predicted octanol–water partition coefficient (Wildman–Crippen LogP) is 1.51. The molecule has 0 unspecified atom stereocenters. The number of hydrogen-bond acceptors (Lipinski definition) is 0. The third-order valence-corrected chi connectivity index (χ3v) is 4.97. The van der Waals surface area contributed by atoms with Gasteiger partial charge in [0.25, 0.3) is 0 Å². The standard InChI is InChI=1S/C2H5.ClH.Hg.Mg.2H/c1-2;;;;;/h1H2,2H3;1H;;;;/q;;+1;+2;2*-1/p-1. The van der Waals surface area contributed by atoms with E-state index in [-0.39, 0.29) is 25.9 Å². The first-order chi connectivity index (χ1) is 1.91. The Kier molecular flexibility index (Phi) is 18.9. The first-order valence-corrected chi connectivity index (χ1v) is 12.1. The van der Waals surface area contributed by atoms with E-state index in [4.69, 9.17) is 8.25 Å². The summed E-state index contributed by atoms with van der Waals surface area (Å²) in [6, 6.07) is 0. The van der Waals surface area contributed by atoms with Gasteiger partial charge in [0.15, 0.2) is 0 Å². The summed E-state index contributed by atoms with van der Waals surface area (Å²) in [6.45, 7) is 2.15. The molecule has 3 heteroatoms. The van der Waals surface area contributed by atoms with Gasteiger partial charge in [0.05, 0.1) is 0 Å². The average Bonchev–Trinajstić information content (AvgIpc) is 1.37. The first kappa shape index (κ1) is 10.1. The second-order valence-corrected chi connectivity index (χ2v) is 9.36. The van der Waals surface area contributed by atoms with Gasteiger partial charge in [-0.1, -0.05) is 0 Å². The van der Waals surface area contributed by atoms with Crippen molar-refractivity contribution < 1.29 is 26.2 Å². The minimum absolute atomic E-state index is 0. The Labute approximate surface area is 67.6 Å². The third kappa shape index (κ3) is 10.7. The van der Waals surface area contributed by atoms with Crippen LogP contribution < -0.4 is 0 Å². The molecule has 0 rings (SSSR count). The number of hydrogen-bond donors (Lipinski definition) is 0. The second-order valence-electron chi connectivity index (χ2n) is 0.689. The Balaban J connectivity index is -0.0000000150. The van der Waals surface area contributed by atoms with Crippen LogP contribution in [0.1, 0.15) is 9.78 Å². The average molecular weight is 291 g/mol. The smallest absolute Gasteiger partial charge is 1.00 e. The van der Waals surface area contributed by atoms with Gasteiger partial charge in [-0.2, -0.15) is 0 Å². The molecule has 0 N–H and O–H groups in total. The molecule has 0 aliphatic heterocycles. The molecular formula is C2H7ClHgMg. The third-order valence-electron chi connectivity index (χ3n) is 0.189. The maximum atomic E-state index is 5.41. The maximum absolute atomic E-state index is 5.41. The molecular weight excluding hydrogens is 284 g/mol. The molecule has 0 spiro atoms. The SMILES string of the molecule is C[CH2][Hg][Cl].[H-].[H-].[Mg+2]. The van der Waals surface area contributed by atoms with Crippen molar-refractivity contribution in [2.24, 2.45) is 0 Å². The van der Waals surface area contributed by atoms with Crippen molar-refractivity contribution in [3.63, 3.8) is 0 Å². The van der Waals surface area contributed by atoms with Crippen LogP contribution >= 0.6 is 8.25 Å². The summed E-state index contributed by atoms with van der Waals surface area (Å²) in [4.78, 5) is 0. The van der Waals surface area contributed by atoms with Crippen LogP contribution in [0.2, 0.25) is 3.93 Å². The quantitative estimate of drug-likeness (QED) is 0.643. The first-order valence-electron chi connectivity index (χ1n) is 1.47. The van der Waals surface area contributed by atoms with Crippen molar-refractivity contribution >= 4 is 31.3 Å². The Morgan fingerprint density at radius 3 is 2.20 bits per heavy atom. The predicted molar refractivity (Wildman–Crippen MR) is 24.3 cm³/mol. The molecule has 0 aliphatic rings. The van der Waals surface area contributed by atoms with E-state index in [9.17, 15) is 0 Å². The zero-order chi connectivity index (χ0) is 3.41. The number of rotatable bonds is 1. The Bertz CT molecular complexity index is 17.7. The van der Waals surface area contributed by atoms with Crippen molar-refractivity contribution in [3.8, 4) is 0 Å². The van der Waals surface area contributed by atoms with Crippen LogP contribution in [0.4, 0.5) is 0 Å². The topological polar surface area (TPSA) is 0 Å². The van der Waals surface area contributed by atoms with Crippen LogP contribution in [-0.2, 0) is 23.3 Å². The van der Waals surface area contributed by atoms with E-state index in [2.05, 4.69) is 6.92 Å². The normalized spacial score (nSPS) is 4.40. The fourth-order valence-corrected chi connectivity index (χ4v) is 0. The monoisotopic (exact) mass is 292 g/mol. The molecule has 0 bridgehead atoms. The van der Waals surface area contributed by atoms with E-state index in [0.29, 0.717) is 0 Å². The molecule has 0 radical (unpaired) electrons. The van der Waals surface area contributed by atoms with Crippen LogP contribution in [0.3, 0.4) is 0 Å². The van der Waals surface area contributed by atoms with E-state index in [1.54, 1.807) is 0 Å². The van der Waals surface area contributed by atoms with Gasteiger partial charge in [-0.15, -0.1) is 0 Å². The van der Waals surface area contributed by atoms with Gasteiger partial charge >= 0.3 is 65.5 Å². The molecule has 26 valence electrons.